The van der Waals surface area contributed by atoms with Gasteiger partial charge < -0.3 is 9.30 Å². The molecule has 0 amide bonds. The Morgan fingerprint density at radius 1 is 1.59 bits per heavy atom. The number of hydrogen-bond donors (Lipinski definition) is 1. The SMILES string of the molecule is CC(NCc1nncn1C)C(=O)OC(C)(C)C. The first-order chi connectivity index (χ1) is 7.79. The van der Waals surface area contributed by atoms with Gasteiger partial charge in [-0.25, -0.2) is 0 Å². The first-order valence-electron chi connectivity index (χ1n) is 5.59. The molecule has 1 aromatic heterocycles. The zero-order valence-corrected chi connectivity index (χ0v) is 11.0. The summed E-state index contributed by atoms with van der Waals surface area (Å²) in [6.45, 7) is 7.79. The highest BCUT2D eigenvalue weighted by Crippen LogP contribution is 2.08. The van der Waals surface area contributed by atoms with E-state index in [4.69, 9.17) is 4.74 Å². The van der Waals surface area contributed by atoms with Crippen molar-refractivity contribution in [2.24, 2.45) is 7.05 Å². The zero-order chi connectivity index (χ0) is 13.1. The van der Waals surface area contributed by atoms with Crippen molar-refractivity contribution >= 4 is 5.97 Å². The van der Waals surface area contributed by atoms with E-state index in [9.17, 15) is 4.79 Å². The van der Waals surface area contributed by atoms with Gasteiger partial charge in [0.1, 0.15) is 23.8 Å². The molecule has 96 valence electrons. The van der Waals surface area contributed by atoms with Gasteiger partial charge in [0.2, 0.25) is 0 Å². The summed E-state index contributed by atoms with van der Waals surface area (Å²) in [4.78, 5) is 11.7. The van der Waals surface area contributed by atoms with E-state index in [-0.39, 0.29) is 12.0 Å². The monoisotopic (exact) mass is 240 g/mol. The topological polar surface area (TPSA) is 69.0 Å². The van der Waals surface area contributed by atoms with Crippen LogP contribution in [0.1, 0.15) is 33.5 Å². The largest absolute Gasteiger partial charge is 0.459 e. The van der Waals surface area contributed by atoms with Gasteiger partial charge >= 0.3 is 5.97 Å². The molecule has 0 aliphatic carbocycles. The first kappa shape index (κ1) is 13.6. The fraction of sp³-hybridized carbons (Fsp3) is 0.727. The average molecular weight is 240 g/mol. The Balaban J connectivity index is 2.42. The lowest BCUT2D eigenvalue weighted by molar-refractivity contribution is -0.157. The summed E-state index contributed by atoms with van der Waals surface area (Å²) < 4.78 is 7.06. The first-order valence-corrected chi connectivity index (χ1v) is 5.59. The van der Waals surface area contributed by atoms with E-state index in [0.717, 1.165) is 5.82 Å². The van der Waals surface area contributed by atoms with E-state index in [1.54, 1.807) is 17.8 Å². The van der Waals surface area contributed by atoms with Crippen LogP contribution in [-0.2, 0) is 23.1 Å². The Bertz CT molecular complexity index is 381. The summed E-state index contributed by atoms with van der Waals surface area (Å²) in [7, 11) is 1.86. The van der Waals surface area contributed by atoms with E-state index < -0.39 is 5.60 Å². The van der Waals surface area contributed by atoms with Crippen LogP contribution in [0.15, 0.2) is 6.33 Å². The molecule has 0 saturated heterocycles. The van der Waals surface area contributed by atoms with Crippen LogP contribution in [-0.4, -0.2) is 32.4 Å². The van der Waals surface area contributed by atoms with Crippen LogP contribution >= 0.6 is 0 Å². The number of nitrogens with zero attached hydrogens (tertiary/aromatic N) is 3. The van der Waals surface area contributed by atoms with E-state index in [0.29, 0.717) is 6.54 Å². The van der Waals surface area contributed by atoms with Crippen molar-refractivity contribution < 1.29 is 9.53 Å². The number of carbonyl (C=O) groups excluding carboxylic acids is 1. The predicted molar refractivity (Wildman–Crippen MR) is 63.1 cm³/mol. The third-order valence-corrected chi connectivity index (χ3v) is 2.13. The minimum absolute atomic E-state index is 0.264. The van der Waals surface area contributed by atoms with Crippen LogP contribution < -0.4 is 5.32 Å². The molecule has 0 radical (unpaired) electrons. The van der Waals surface area contributed by atoms with E-state index in [1.807, 2.05) is 27.8 Å². The molecular formula is C11H20N4O2. The minimum atomic E-state index is -0.461. The molecule has 6 heteroatoms. The average Bonchev–Trinajstić information content (AvgIpc) is 2.57. The standard InChI is InChI=1S/C11H20N4O2/c1-8(10(16)17-11(2,3)4)12-6-9-14-13-7-15(9)5/h7-8,12H,6H2,1-5H3. The lowest BCUT2D eigenvalue weighted by Crippen LogP contribution is -2.39. The molecule has 1 heterocycles. The summed E-state index contributed by atoms with van der Waals surface area (Å²) in [5.74, 6) is 0.514. The van der Waals surface area contributed by atoms with Gasteiger partial charge in [-0.15, -0.1) is 10.2 Å². The number of esters is 1. The fourth-order valence-corrected chi connectivity index (χ4v) is 1.19. The maximum atomic E-state index is 11.7. The molecule has 0 fully saturated rings. The molecule has 6 nitrogen and oxygen atoms in total. The number of carbonyl (C=O) groups is 1. The molecule has 1 aromatic rings. The van der Waals surface area contributed by atoms with Crippen molar-refractivity contribution in [2.75, 3.05) is 0 Å². The molecule has 1 N–H and O–H groups in total. The van der Waals surface area contributed by atoms with E-state index >= 15 is 0 Å². The van der Waals surface area contributed by atoms with E-state index in [2.05, 4.69) is 15.5 Å². The van der Waals surface area contributed by atoms with Gasteiger partial charge in [0.25, 0.3) is 0 Å². The smallest absolute Gasteiger partial charge is 0.323 e. The molecule has 0 aliphatic rings. The van der Waals surface area contributed by atoms with Crippen molar-refractivity contribution in [1.29, 1.82) is 0 Å². The predicted octanol–water partition coefficient (Wildman–Crippen LogP) is 0.635. The Labute approximate surface area is 101 Å². The minimum Gasteiger partial charge on any atom is -0.459 e. The molecular weight excluding hydrogens is 220 g/mol. The maximum Gasteiger partial charge on any atom is 0.323 e. The Hall–Kier alpha value is -1.43. The van der Waals surface area contributed by atoms with Gasteiger partial charge in [0.05, 0.1) is 6.54 Å². The molecule has 0 aromatic carbocycles. The summed E-state index contributed by atoms with van der Waals surface area (Å²) >= 11 is 0. The second kappa shape index (κ2) is 5.27. The summed E-state index contributed by atoms with van der Waals surface area (Å²) in [6.07, 6.45) is 1.62. The van der Waals surface area contributed by atoms with Crippen molar-refractivity contribution in [2.45, 2.75) is 45.9 Å². The lowest BCUT2D eigenvalue weighted by atomic mass is 10.2. The van der Waals surface area contributed by atoms with Crippen LogP contribution in [0.25, 0.3) is 0 Å². The highest BCUT2D eigenvalue weighted by molar-refractivity contribution is 5.75. The van der Waals surface area contributed by atoms with Crippen molar-refractivity contribution in [3.63, 3.8) is 0 Å². The van der Waals surface area contributed by atoms with Gasteiger partial charge in [0.15, 0.2) is 0 Å². The van der Waals surface area contributed by atoms with Gasteiger partial charge in [-0.3, -0.25) is 10.1 Å². The second-order valence-corrected chi connectivity index (χ2v) is 4.99. The Morgan fingerprint density at radius 3 is 2.71 bits per heavy atom. The second-order valence-electron chi connectivity index (χ2n) is 4.99. The number of rotatable bonds is 4. The van der Waals surface area contributed by atoms with Gasteiger partial charge in [-0.05, 0) is 27.7 Å². The molecule has 1 rings (SSSR count). The Morgan fingerprint density at radius 2 is 2.24 bits per heavy atom. The number of hydrogen-bond acceptors (Lipinski definition) is 5. The lowest BCUT2D eigenvalue weighted by Gasteiger charge is -2.22. The van der Waals surface area contributed by atoms with Crippen LogP contribution in [0.2, 0.25) is 0 Å². The third kappa shape index (κ3) is 4.52. The highest BCUT2D eigenvalue weighted by Gasteiger charge is 2.21. The molecule has 1 unspecified atom stereocenters. The highest BCUT2D eigenvalue weighted by atomic mass is 16.6. The molecule has 0 bridgehead atoms. The number of ether oxygens (including phenoxy) is 1. The number of nitrogens with one attached hydrogen (secondary N) is 1. The van der Waals surface area contributed by atoms with Crippen LogP contribution in [0, 0.1) is 0 Å². The van der Waals surface area contributed by atoms with Crippen LogP contribution in [0.5, 0.6) is 0 Å². The zero-order valence-electron chi connectivity index (χ0n) is 11.0. The molecule has 17 heavy (non-hydrogen) atoms. The van der Waals surface area contributed by atoms with E-state index in [1.165, 1.54) is 0 Å². The molecule has 0 spiro atoms. The number of aromatic nitrogens is 3. The van der Waals surface area contributed by atoms with Gasteiger partial charge in [0, 0.05) is 7.05 Å². The van der Waals surface area contributed by atoms with Crippen LogP contribution in [0.3, 0.4) is 0 Å². The quantitative estimate of drug-likeness (QED) is 0.782. The van der Waals surface area contributed by atoms with Gasteiger partial charge in [-0.1, -0.05) is 0 Å². The summed E-state index contributed by atoms with van der Waals surface area (Å²) in [6, 6.07) is -0.370. The van der Waals surface area contributed by atoms with Crippen molar-refractivity contribution in [3.8, 4) is 0 Å². The van der Waals surface area contributed by atoms with Crippen molar-refractivity contribution in [1.82, 2.24) is 20.1 Å². The van der Waals surface area contributed by atoms with Crippen LogP contribution in [0.4, 0.5) is 0 Å². The summed E-state index contributed by atoms with van der Waals surface area (Å²) in [5, 5.41) is 10.7. The normalized spacial score (nSPS) is 13.5. The van der Waals surface area contributed by atoms with Crippen molar-refractivity contribution in [3.05, 3.63) is 12.2 Å². The maximum absolute atomic E-state index is 11.7. The number of aryl methyl sites for hydroxylation is 1. The fourth-order valence-electron chi connectivity index (χ4n) is 1.19. The molecule has 0 saturated carbocycles. The third-order valence-electron chi connectivity index (χ3n) is 2.13. The van der Waals surface area contributed by atoms with Gasteiger partial charge in [-0.2, -0.15) is 0 Å². The molecule has 0 aliphatic heterocycles. The molecule has 1 atom stereocenters. The summed E-state index contributed by atoms with van der Waals surface area (Å²) in [5.41, 5.74) is -0.461. The Kier molecular flexibility index (Phi) is 4.22.